The maximum absolute atomic E-state index is 13.8. The Bertz CT molecular complexity index is 1120. The van der Waals surface area contributed by atoms with Crippen LogP contribution < -0.4 is 5.32 Å². The van der Waals surface area contributed by atoms with Crippen LogP contribution in [0.4, 0.5) is 4.79 Å². The van der Waals surface area contributed by atoms with E-state index < -0.39 is 41.4 Å². The number of hydrogen-bond acceptors (Lipinski definition) is 4. The van der Waals surface area contributed by atoms with Crippen LogP contribution in [0, 0.1) is 5.92 Å². The van der Waals surface area contributed by atoms with Crippen LogP contribution in [0.2, 0.25) is 0 Å². The lowest BCUT2D eigenvalue weighted by Crippen LogP contribution is -2.54. The minimum Gasteiger partial charge on any atom is -0.480 e. The lowest BCUT2D eigenvalue weighted by molar-refractivity contribution is -0.143. The van der Waals surface area contributed by atoms with Gasteiger partial charge in [0.25, 0.3) is 5.91 Å². The number of aromatic nitrogens is 1. The van der Waals surface area contributed by atoms with Gasteiger partial charge in [0.2, 0.25) is 5.91 Å². The Morgan fingerprint density at radius 3 is 2.56 bits per heavy atom. The number of carbonyl (C=O) groups excluding carboxylic acids is 3. The first-order chi connectivity index (χ1) is 15.1. The SMILES string of the molecule is CC(C)C[C@H](C(=O)N[C@@H](C)C(=O)O)N1C(=O)N2CCc3c([nH]c4ccccc34)[C@@]2(C)C1=O. The second kappa shape index (κ2) is 7.65. The van der Waals surface area contributed by atoms with Crippen molar-refractivity contribution in [1.29, 1.82) is 0 Å². The molecule has 1 aromatic carbocycles. The van der Waals surface area contributed by atoms with Crippen molar-refractivity contribution >= 4 is 34.7 Å². The molecule has 0 unspecified atom stereocenters. The predicted octanol–water partition coefficient (Wildman–Crippen LogP) is 2.21. The number of urea groups is 1. The summed E-state index contributed by atoms with van der Waals surface area (Å²) in [7, 11) is 0. The van der Waals surface area contributed by atoms with Crippen LogP contribution in [0.5, 0.6) is 0 Å². The molecule has 2 aromatic rings. The zero-order chi connectivity index (χ0) is 23.4. The standard InChI is InChI=1S/C23H28N4O5/c1-12(2)11-17(19(28)24-13(3)20(29)30)27-21(31)23(4)18-15(9-10-26(23)22(27)32)14-7-5-6-8-16(14)25-18/h5-8,12-13,17,25H,9-11H2,1-4H3,(H,24,28)(H,29,30)/t13-,17+,23-/m0/s1. The van der Waals surface area contributed by atoms with Crippen molar-refractivity contribution in [2.75, 3.05) is 6.54 Å². The minimum atomic E-state index is -1.25. The summed E-state index contributed by atoms with van der Waals surface area (Å²) >= 11 is 0. The average molecular weight is 441 g/mol. The Labute approximate surface area is 185 Å². The molecule has 0 aliphatic carbocycles. The first kappa shape index (κ1) is 21.9. The molecular weight excluding hydrogens is 412 g/mol. The fourth-order valence-electron chi connectivity index (χ4n) is 4.84. The van der Waals surface area contributed by atoms with E-state index in [1.807, 2.05) is 38.1 Å². The Morgan fingerprint density at radius 1 is 1.22 bits per heavy atom. The van der Waals surface area contributed by atoms with Crippen molar-refractivity contribution in [2.24, 2.45) is 5.92 Å². The van der Waals surface area contributed by atoms with Gasteiger partial charge in [-0.2, -0.15) is 0 Å². The second-order valence-corrected chi connectivity index (χ2v) is 9.17. The number of benzene rings is 1. The van der Waals surface area contributed by atoms with Crippen molar-refractivity contribution in [1.82, 2.24) is 20.1 Å². The number of para-hydroxylation sites is 1. The van der Waals surface area contributed by atoms with E-state index in [2.05, 4.69) is 10.3 Å². The summed E-state index contributed by atoms with van der Waals surface area (Å²) in [5.74, 6) is -2.30. The highest BCUT2D eigenvalue weighted by atomic mass is 16.4. The Hall–Kier alpha value is -3.36. The van der Waals surface area contributed by atoms with E-state index in [9.17, 15) is 24.3 Å². The Morgan fingerprint density at radius 2 is 1.91 bits per heavy atom. The molecule has 1 saturated heterocycles. The number of nitrogens with zero attached hydrogens (tertiary/aromatic N) is 2. The summed E-state index contributed by atoms with van der Waals surface area (Å²) in [5, 5.41) is 12.6. The number of hydrogen-bond donors (Lipinski definition) is 3. The molecule has 2 aliphatic rings. The van der Waals surface area contributed by atoms with E-state index in [1.165, 1.54) is 11.8 Å². The molecule has 0 radical (unpaired) electrons. The van der Waals surface area contributed by atoms with Gasteiger partial charge >= 0.3 is 12.0 Å². The number of amides is 4. The van der Waals surface area contributed by atoms with Gasteiger partial charge in [-0.25, -0.2) is 9.69 Å². The summed E-state index contributed by atoms with van der Waals surface area (Å²) in [6, 6.07) is 5.02. The van der Waals surface area contributed by atoms with Crippen LogP contribution in [0.1, 0.15) is 45.4 Å². The zero-order valence-corrected chi connectivity index (χ0v) is 18.6. The maximum atomic E-state index is 13.8. The number of rotatable bonds is 6. The third kappa shape index (κ3) is 3.14. The van der Waals surface area contributed by atoms with E-state index in [0.29, 0.717) is 18.7 Å². The number of H-pyrrole nitrogens is 1. The molecule has 32 heavy (non-hydrogen) atoms. The number of nitrogens with one attached hydrogen (secondary N) is 2. The molecule has 1 fully saturated rings. The van der Waals surface area contributed by atoms with E-state index in [-0.39, 0.29) is 12.3 Å². The third-order valence-corrected chi connectivity index (χ3v) is 6.54. The number of carboxylic acids is 1. The highest BCUT2D eigenvalue weighted by molar-refractivity contribution is 6.11. The van der Waals surface area contributed by atoms with Gasteiger partial charge in [0.1, 0.15) is 12.1 Å². The fraction of sp³-hybridized carbons (Fsp3) is 0.478. The molecule has 3 atom stereocenters. The van der Waals surface area contributed by atoms with Crippen LogP contribution in [0.3, 0.4) is 0 Å². The highest BCUT2D eigenvalue weighted by Gasteiger charge is 2.60. The Kier molecular flexibility index (Phi) is 5.22. The van der Waals surface area contributed by atoms with Crippen LogP contribution in [0.25, 0.3) is 10.9 Å². The largest absolute Gasteiger partial charge is 0.480 e. The predicted molar refractivity (Wildman–Crippen MR) is 117 cm³/mol. The van der Waals surface area contributed by atoms with E-state index >= 15 is 0 Å². The van der Waals surface area contributed by atoms with Gasteiger partial charge in [-0.15, -0.1) is 0 Å². The maximum Gasteiger partial charge on any atom is 0.328 e. The smallest absolute Gasteiger partial charge is 0.328 e. The molecule has 170 valence electrons. The van der Waals surface area contributed by atoms with Crippen LogP contribution in [0.15, 0.2) is 24.3 Å². The molecule has 2 aliphatic heterocycles. The van der Waals surface area contributed by atoms with E-state index in [4.69, 9.17) is 0 Å². The average Bonchev–Trinajstić information content (AvgIpc) is 3.20. The molecule has 0 spiro atoms. The zero-order valence-electron chi connectivity index (χ0n) is 18.6. The van der Waals surface area contributed by atoms with Gasteiger partial charge in [0, 0.05) is 17.4 Å². The molecule has 4 amide bonds. The van der Waals surface area contributed by atoms with E-state index in [1.54, 1.807) is 6.92 Å². The van der Waals surface area contributed by atoms with Crippen molar-refractivity contribution in [3.8, 4) is 0 Å². The van der Waals surface area contributed by atoms with Gasteiger partial charge < -0.3 is 20.3 Å². The second-order valence-electron chi connectivity index (χ2n) is 9.17. The lowest BCUT2D eigenvalue weighted by atomic mass is 9.86. The van der Waals surface area contributed by atoms with Crippen LogP contribution in [-0.4, -0.2) is 62.3 Å². The van der Waals surface area contributed by atoms with Crippen LogP contribution >= 0.6 is 0 Å². The molecule has 0 saturated carbocycles. The molecule has 9 heteroatoms. The van der Waals surface area contributed by atoms with Gasteiger partial charge in [0.05, 0.1) is 5.69 Å². The van der Waals surface area contributed by atoms with Crippen molar-refractivity contribution < 1.29 is 24.3 Å². The summed E-state index contributed by atoms with van der Waals surface area (Å²) in [5.41, 5.74) is 1.32. The normalized spacial score (nSPS) is 22.2. The van der Waals surface area contributed by atoms with Gasteiger partial charge in [0.15, 0.2) is 5.54 Å². The fourth-order valence-corrected chi connectivity index (χ4v) is 4.84. The number of carbonyl (C=O) groups is 4. The van der Waals surface area contributed by atoms with Gasteiger partial charge in [-0.3, -0.25) is 14.4 Å². The number of carboxylic acid groups (broad SMARTS) is 1. The highest BCUT2D eigenvalue weighted by Crippen LogP contribution is 2.44. The van der Waals surface area contributed by atoms with Gasteiger partial charge in [-0.1, -0.05) is 32.0 Å². The quantitative estimate of drug-likeness (QED) is 0.595. The van der Waals surface area contributed by atoms with E-state index in [0.717, 1.165) is 21.4 Å². The minimum absolute atomic E-state index is 0.000514. The monoisotopic (exact) mass is 440 g/mol. The van der Waals surface area contributed by atoms with Crippen LogP contribution in [-0.2, 0) is 26.3 Å². The third-order valence-electron chi connectivity index (χ3n) is 6.54. The van der Waals surface area contributed by atoms with Crippen molar-refractivity contribution in [3.63, 3.8) is 0 Å². The van der Waals surface area contributed by atoms with Crippen molar-refractivity contribution in [3.05, 3.63) is 35.5 Å². The Balaban J connectivity index is 1.76. The van der Waals surface area contributed by atoms with Gasteiger partial charge in [-0.05, 0) is 44.2 Å². The lowest BCUT2D eigenvalue weighted by Gasteiger charge is -2.36. The molecule has 3 N–H and O–H groups in total. The topological polar surface area (TPSA) is 123 Å². The molecule has 1 aromatic heterocycles. The summed E-state index contributed by atoms with van der Waals surface area (Å²) < 4.78 is 0. The summed E-state index contributed by atoms with van der Waals surface area (Å²) in [6.45, 7) is 7.19. The molecule has 9 nitrogen and oxygen atoms in total. The first-order valence-corrected chi connectivity index (χ1v) is 10.9. The molecule has 3 heterocycles. The number of aliphatic carboxylic acids is 1. The first-order valence-electron chi connectivity index (χ1n) is 10.9. The number of imide groups is 1. The molecule has 0 bridgehead atoms. The van der Waals surface area contributed by atoms with Crippen molar-refractivity contribution in [2.45, 2.75) is 58.2 Å². The summed E-state index contributed by atoms with van der Waals surface area (Å²) in [6.07, 6.45) is 0.831. The number of aromatic amines is 1. The summed E-state index contributed by atoms with van der Waals surface area (Å²) in [4.78, 5) is 57.4. The molecular formula is C23H28N4O5. The number of fused-ring (bicyclic) bond motifs is 5. The molecule has 4 rings (SSSR count).